The van der Waals surface area contributed by atoms with E-state index in [2.05, 4.69) is 10.6 Å². The zero-order valence-electron chi connectivity index (χ0n) is 18.2. The van der Waals surface area contributed by atoms with Gasteiger partial charge in [0.1, 0.15) is 5.75 Å². The molecule has 0 saturated heterocycles. The predicted octanol–water partition coefficient (Wildman–Crippen LogP) is 2.65. The number of amides is 3. The lowest BCUT2D eigenvalue weighted by Gasteiger charge is -2.22. The molecule has 0 fully saturated rings. The molecule has 2 rings (SSSR count). The van der Waals surface area contributed by atoms with Gasteiger partial charge in [-0.25, -0.2) is 0 Å². The first-order chi connectivity index (χ1) is 15.4. The maximum atomic E-state index is 12.6. The molecule has 0 atom stereocenters. The van der Waals surface area contributed by atoms with Crippen molar-refractivity contribution in [3.05, 3.63) is 59.1 Å². The molecule has 3 amide bonds. The van der Waals surface area contributed by atoms with Gasteiger partial charge in [-0.2, -0.15) is 0 Å². The normalized spacial score (nSPS) is 10.3. The maximum Gasteiger partial charge on any atom is 0.260 e. The summed E-state index contributed by atoms with van der Waals surface area (Å²) in [7, 11) is 1.56. The van der Waals surface area contributed by atoms with Crippen molar-refractivity contribution in [1.29, 1.82) is 0 Å². The number of aryl methyl sites for hydroxylation is 1. The molecule has 0 bridgehead atoms. The van der Waals surface area contributed by atoms with Gasteiger partial charge in [0.05, 0.1) is 13.1 Å². The van der Waals surface area contributed by atoms with E-state index in [0.717, 1.165) is 5.56 Å². The van der Waals surface area contributed by atoms with E-state index in [9.17, 15) is 14.4 Å². The number of nitrogens with one attached hydrogen (secondary N) is 2. The molecule has 0 aromatic heterocycles. The molecule has 0 spiro atoms. The number of anilines is 1. The summed E-state index contributed by atoms with van der Waals surface area (Å²) in [5.41, 5.74) is 1.72. The van der Waals surface area contributed by atoms with Crippen molar-refractivity contribution in [2.75, 3.05) is 45.3 Å². The number of nitrogens with zero attached hydrogens (tertiary/aromatic N) is 1. The minimum absolute atomic E-state index is 0.190. The molecule has 0 aliphatic rings. The lowest BCUT2D eigenvalue weighted by Crippen LogP contribution is -2.45. The zero-order chi connectivity index (χ0) is 23.3. The van der Waals surface area contributed by atoms with Gasteiger partial charge in [0.15, 0.2) is 6.61 Å². The van der Waals surface area contributed by atoms with Crippen molar-refractivity contribution < 1.29 is 23.9 Å². The van der Waals surface area contributed by atoms with Gasteiger partial charge >= 0.3 is 0 Å². The molecule has 0 heterocycles. The highest BCUT2D eigenvalue weighted by Gasteiger charge is 2.18. The molecule has 8 nitrogen and oxygen atoms in total. The van der Waals surface area contributed by atoms with Gasteiger partial charge in [-0.1, -0.05) is 29.3 Å². The van der Waals surface area contributed by atoms with Crippen LogP contribution in [0, 0.1) is 6.92 Å². The van der Waals surface area contributed by atoms with Crippen molar-refractivity contribution in [3.8, 4) is 5.75 Å². The van der Waals surface area contributed by atoms with Crippen LogP contribution in [0.4, 0.5) is 5.69 Å². The Hall–Kier alpha value is -3.10. The van der Waals surface area contributed by atoms with Crippen LogP contribution in [-0.4, -0.2) is 62.6 Å². The fraction of sp³-hybridized carbons (Fsp3) is 0.348. The summed E-state index contributed by atoms with van der Waals surface area (Å²) in [5, 5.41) is 5.81. The molecule has 0 radical (unpaired) electrons. The summed E-state index contributed by atoms with van der Waals surface area (Å²) in [6, 6.07) is 14.0. The Morgan fingerprint density at radius 2 is 1.69 bits per heavy atom. The second-order valence-corrected chi connectivity index (χ2v) is 7.53. The van der Waals surface area contributed by atoms with E-state index in [-0.39, 0.29) is 31.5 Å². The number of hydrogen-bond acceptors (Lipinski definition) is 5. The Bertz CT molecular complexity index is 888. The lowest BCUT2D eigenvalue weighted by atomic mass is 10.2. The summed E-state index contributed by atoms with van der Waals surface area (Å²) >= 11 is 5.84. The van der Waals surface area contributed by atoms with E-state index in [1.165, 1.54) is 4.90 Å². The number of methoxy groups -OCH3 is 1. The minimum atomic E-state index is -0.443. The fourth-order valence-electron chi connectivity index (χ4n) is 2.71. The summed E-state index contributed by atoms with van der Waals surface area (Å²) in [5.74, 6) is -0.654. The van der Waals surface area contributed by atoms with Crippen LogP contribution in [0.3, 0.4) is 0 Å². The Morgan fingerprint density at radius 1 is 1.00 bits per heavy atom. The summed E-state index contributed by atoms with van der Waals surface area (Å²) in [4.78, 5) is 38.4. The molecule has 32 heavy (non-hydrogen) atoms. The van der Waals surface area contributed by atoms with Gasteiger partial charge in [0.25, 0.3) is 5.91 Å². The van der Waals surface area contributed by atoms with Crippen LogP contribution in [0.2, 0.25) is 5.02 Å². The smallest absolute Gasteiger partial charge is 0.260 e. The zero-order valence-corrected chi connectivity index (χ0v) is 19.0. The van der Waals surface area contributed by atoms with Gasteiger partial charge < -0.3 is 25.0 Å². The van der Waals surface area contributed by atoms with Crippen molar-refractivity contribution in [3.63, 3.8) is 0 Å². The van der Waals surface area contributed by atoms with Crippen LogP contribution in [0.25, 0.3) is 0 Å². The second-order valence-electron chi connectivity index (χ2n) is 7.10. The van der Waals surface area contributed by atoms with E-state index in [1.54, 1.807) is 43.5 Å². The first kappa shape index (κ1) is 25.2. The van der Waals surface area contributed by atoms with Gasteiger partial charge in [0, 0.05) is 31.0 Å². The van der Waals surface area contributed by atoms with Crippen LogP contribution in [0.15, 0.2) is 48.5 Å². The minimum Gasteiger partial charge on any atom is -0.484 e. The number of benzene rings is 2. The van der Waals surface area contributed by atoms with E-state index in [4.69, 9.17) is 21.1 Å². The average Bonchev–Trinajstić information content (AvgIpc) is 2.78. The van der Waals surface area contributed by atoms with E-state index >= 15 is 0 Å². The second kappa shape index (κ2) is 13.3. The maximum absolute atomic E-state index is 12.6. The molecule has 0 unspecified atom stereocenters. The fourth-order valence-corrected chi connectivity index (χ4v) is 2.84. The summed E-state index contributed by atoms with van der Waals surface area (Å²) in [6.07, 6.45) is 0.560. The third kappa shape index (κ3) is 9.36. The topological polar surface area (TPSA) is 97.0 Å². The van der Waals surface area contributed by atoms with Gasteiger partial charge in [-0.3, -0.25) is 14.4 Å². The SMILES string of the molecule is COCCCN(CC(=O)NCC(=O)Nc1ccc(C)cc1)C(=O)COc1ccc(Cl)cc1. The Kier molecular flexibility index (Phi) is 10.5. The van der Waals surface area contributed by atoms with E-state index in [1.807, 2.05) is 19.1 Å². The number of rotatable bonds is 12. The summed E-state index contributed by atoms with van der Waals surface area (Å²) in [6.45, 7) is 2.10. The van der Waals surface area contributed by atoms with Crippen LogP contribution < -0.4 is 15.4 Å². The monoisotopic (exact) mass is 461 g/mol. The quantitative estimate of drug-likeness (QED) is 0.474. The Morgan fingerprint density at radius 3 is 2.34 bits per heavy atom. The first-order valence-corrected chi connectivity index (χ1v) is 10.5. The van der Waals surface area contributed by atoms with Crippen LogP contribution >= 0.6 is 11.6 Å². The molecule has 172 valence electrons. The molecular formula is C23H28ClN3O5. The predicted molar refractivity (Wildman–Crippen MR) is 123 cm³/mol. The van der Waals surface area contributed by atoms with Gasteiger partial charge in [0.2, 0.25) is 11.8 Å². The highest BCUT2D eigenvalue weighted by Crippen LogP contribution is 2.15. The van der Waals surface area contributed by atoms with Crippen LogP contribution in [0.5, 0.6) is 5.75 Å². The average molecular weight is 462 g/mol. The first-order valence-electron chi connectivity index (χ1n) is 10.2. The van der Waals surface area contributed by atoms with Gasteiger partial charge in [-0.15, -0.1) is 0 Å². The molecule has 0 aliphatic carbocycles. The number of halogens is 1. The van der Waals surface area contributed by atoms with Crippen LogP contribution in [0.1, 0.15) is 12.0 Å². The number of carbonyl (C=O) groups excluding carboxylic acids is 3. The summed E-state index contributed by atoms with van der Waals surface area (Å²) < 4.78 is 10.5. The highest BCUT2D eigenvalue weighted by atomic mass is 35.5. The number of carbonyl (C=O) groups is 3. The highest BCUT2D eigenvalue weighted by molar-refractivity contribution is 6.30. The molecule has 2 aromatic rings. The molecular weight excluding hydrogens is 434 g/mol. The number of hydrogen-bond donors (Lipinski definition) is 2. The number of ether oxygens (including phenoxy) is 2. The molecule has 2 N–H and O–H groups in total. The van der Waals surface area contributed by atoms with Crippen molar-refractivity contribution in [2.24, 2.45) is 0 Å². The molecule has 0 saturated carbocycles. The largest absolute Gasteiger partial charge is 0.484 e. The van der Waals surface area contributed by atoms with Crippen molar-refractivity contribution in [2.45, 2.75) is 13.3 Å². The molecule has 9 heteroatoms. The standard InChI is InChI=1S/C23H28ClN3O5/c1-17-4-8-19(9-5-17)26-21(28)14-25-22(29)15-27(12-3-13-31-2)23(30)16-32-20-10-6-18(24)7-11-20/h4-11H,3,12-16H2,1-2H3,(H,25,29)(H,26,28). The van der Waals surface area contributed by atoms with Gasteiger partial charge in [-0.05, 0) is 49.7 Å². The Labute approximate surface area is 192 Å². The Balaban J connectivity index is 1.83. The lowest BCUT2D eigenvalue weighted by molar-refractivity contribution is -0.138. The van der Waals surface area contributed by atoms with E-state index < -0.39 is 5.91 Å². The third-order valence-corrected chi connectivity index (χ3v) is 4.67. The van der Waals surface area contributed by atoms with Crippen molar-refractivity contribution >= 4 is 35.0 Å². The molecule has 2 aromatic carbocycles. The van der Waals surface area contributed by atoms with Crippen molar-refractivity contribution in [1.82, 2.24) is 10.2 Å². The van der Waals surface area contributed by atoms with Crippen LogP contribution in [-0.2, 0) is 19.1 Å². The third-order valence-electron chi connectivity index (χ3n) is 4.42. The molecule has 0 aliphatic heterocycles. The van der Waals surface area contributed by atoms with E-state index in [0.29, 0.717) is 36.0 Å².